The summed E-state index contributed by atoms with van der Waals surface area (Å²) in [5.74, 6) is -0.0558. The van der Waals surface area contributed by atoms with Crippen LogP contribution in [0.3, 0.4) is 0 Å². The van der Waals surface area contributed by atoms with Crippen molar-refractivity contribution in [3.05, 3.63) is 29.8 Å². The molecule has 0 atom stereocenters. The van der Waals surface area contributed by atoms with Crippen LogP contribution in [0, 0.1) is 0 Å². The van der Waals surface area contributed by atoms with E-state index in [1.165, 1.54) is 12.1 Å². The van der Waals surface area contributed by atoms with E-state index >= 15 is 0 Å². The van der Waals surface area contributed by atoms with Gasteiger partial charge in [0.2, 0.25) is 0 Å². The Balaban J connectivity index is 2.17. The van der Waals surface area contributed by atoms with Crippen molar-refractivity contribution >= 4 is 23.1 Å². The van der Waals surface area contributed by atoms with Crippen molar-refractivity contribution in [3.63, 3.8) is 0 Å². The number of carbonyl (C=O) groups is 1. The minimum Gasteiger partial charge on any atom is -0.508 e. The average molecular weight is 292 g/mol. The topological polar surface area (TPSA) is 75.3 Å². The number of aromatic hydroxyl groups is 1. The number of nitrogens with two attached hydrogens (primary N) is 1. The molecule has 1 saturated carbocycles. The lowest BCUT2D eigenvalue weighted by Gasteiger charge is -2.33. The molecule has 0 radical (unpaired) electrons. The molecule has 5 heteroatoms. The fourth-order valence-electron chi connectivity index (χ4n) is 2.67. The van der Waals surface area contributed by atoms with Crippen LogP contribution in [-0.4, -0.2) is 21.5 Å². The second kappa shape index (κ2) is 6.22. The summed E-state index contributed by atoms with van der Waals surface area (Å²) in [7, 11) is 0. The lowest BCUT2D eigenvalue weighted by molar-refractivity contribution is 0.0917. The Kier molecular flexibility index (Phi) is 4.60. The third kappa shape index (κ3) is 3.28. The molecule has 0 spiro atoms. The van der Waals surface area contributed by atoms with Crippen LogP contribution in [0.15, 0.2) is 24.3 Å². The number of carbonyl (C=O) groups excluding carboxylic acids is 1. The zero-order valence-corrected chi connectivity index (χ0v) is 12.2. The van der Waals surface area contributed by atoms with Crippen LogP contribution in [0.25, 0.3) is 0 Å². The zero-order valence-electron chi connectivity index (χ0n) is 11.4. The molecule has 0 aromatic heterocycles. The Morgan fingerprint density at radius 1 is 1.15 bits per heavy atom. The first-order valence-electron chi connectivity index (χ1n) is 6.95. The van der Waals surface area contributed by atoms with Crippen LogP contribution in [0.5, 0.6) is 5.75 Å². The summed E-state index contributed by atoms with van der Waals surface area (Å²) in [5.41, 5.74) is 5.83. The molecule has 0 unspecified atom stereocenters. The lowest BCUT2D eigenvalue weighted by atomic mass is 9.89. The SMILES string of the molecule is NC(=S)C1(NC(=O)c2ccc(O)cc2)CCCCCC1. The molecule has 1 aromatic carbocycles. The van der Waals surface area contributed by atoms with Crippen LogP contribution < -0.4 is 11.1 Å². The van der Waals surface area contributed by atoms with Crippen molar-refractivity contribution in [1.29, 1.82) is 0 Å². The van der Waals surface area contributed by atoms with E-state index < -0.39 is 5.54 Å². The molecule has 1 fully saturated rings. The standard InChI is InChI=1S/C15H20N2O2S/c16-14(20)15(9-3-1-2-4-10-15)17-13(19)11-5-7-12(18)8-6-11/h5-8,18H,1-4,9-10H2,(H2,16,20)(H,17,19). The Morgan fingerprint density at radius 2 is 1.70 bits per heavy atom. The van der Waals surface area contributed by atoms with Crippen molar-refractivity contribution in [2.24, 2.45) is 5.73 Å². The highest BCUT2D eigenvalue weighted by Crippen LogP contribution is 2.28. The third-order valence-electron chi connectivity index (χ3n) is 3.91. The van der Waals surface area contributed by atoms with E-state index in [1.807, 2.05) is 0 Å². The molecule has 0 saturated heterocycles. The van der Waals surface area contributed by atoms with Gasteiger partial charge < -0.3 is 16.2 Å². The van der Waals surface area contributed by atoms with Gasteiger partial charge in [-0.3, -0.25) is 4.79 Å². The van der Waals surface area contributed by atoms with Gasteiger partial charge >= 0.3 is 0 Å². The number of benzene rings is 1. The average Bonchev–Trinajstić information content (AvgIpc) is 2.66. The summed E-state index contributed by atoms with van der Waals surface area (Å²) in [6.45, 7) is 0. The molecule has 1 amide bonds. The van der Waals surface area contributed by atoms with Crippen LogP contribution in [0.4, 0.5) is 0 Å². The van der Waals surface area contributed by atoms with Gasteiger partial charge in [-0.15, -0.1) is 0 Å². The number of thiocarbonyl (C=S) groups is 1. The molecule has 4 N–H and O–H groups in total. The summed E-state index contributed by atoms with van der Waals surface area (Å²) in [5, 5.41) is 12.3. The van der Waals surface area contributed by atoms with E-state index in [-0.39, 0.29) is 11.7 Å². The smallest absolute Gasteiger partial charge is 0.252 e. The van der Waals surface area contributed by atoms with Gasteiger partial charge in [-0.2, -0.15) is 0 Å². The first kappa shape index (κ1) is 14.8. The summed E-state index contributed by atoms with van der Waals surface area (Å²) >= 11 is 5.20. The van der Waals surface area contributed by atoms with E-state index in [0.717, 1.165) is 38.5 Å². The second-order valence-electron chi connectivity index (χ2n) is 5.36. The highest BCUT2D eigenvalue weighted by Gasteiger charge is 2.35. The summed E-state index contributed by atoms with van der Waals surface area (Å²) < 4.78 is 0. The second-order valence-corrected chi connectivity index (χ2v) is 5.80. The molecule has 0 aliphatic heterocycles. The minimum atomic E-state index is -0.569. The fraction of sp³-hybridized carbons (Fsp3) is 0.467. The Bertz CT molecular complexity index is 491. The van der Waals surface area contributed by atoms with Crippen molar-refractivity contribution in [1.82, 2.24) is 5.32 Å². The van der Waals surface area contributed by atoms with E-state index in [9.17, 15) is 9.90 Å². The van der Waals surface area contributed by atoms with Gasteiger partial charge in [0.15, 0.2) is 0 Å². The molecule has 20 heavy (non-hydrogen) atoms. The molecule has 1 aliphatic rings. The molecule has 1 aliphatic carbocycles. The molecule has 1 aromatic rings. The molecule has 108 valence electrons. The largest absolute Gasteiger partial charge is 0.508 e. The van der Waals surface area contributed by atoms with Gasteiger partial charge in [-0.25, -0.2) is 0 Å². The van der Waals surface area contributed by atoms with Gasteiger partial charge in [-0.1, -0.05) is 37.9 Å². The van der Waals surface area contributed by atoms with E-state index in [1.54, 1.807) is 12.1 Å². The Morgan fingerprint density at radius 3 is 2.20 bits per heavy atom. The van der Waals surface area contributed by atoms with Crippen LogP contribution in [0.1, 0.15) is 48.9 Å². The highest BCUT2D eigenvalue weighted by molar-refractivity contribution is 7.80. The molecule has 4 nitrogen and oxygen atoms in total. The summed E-state index contributed by atoms with van der Waals surface area (Å²) in [6, 6.07) is 6.17. The number of rotatable bonds is 3. The normalized spacial score (nSPS) is 18.0. The Labute approximate surface area is 124 Å². The number of phenolic OH excluding ortho intramolecular Hbond substituents is 1. The van der Waals surface area contributed by atoms with Gasteiger partial charge in [0.05, 0.1) is 10.5 Å². The number of amides is 1. The maximum absolute atomic E-state index is 12.3. The Hall–Kier alpha value is -1.62. The number of hydrogen-bond acceptors (Lipinski definition) is 3. The van der Waals surface area contributed by atoms with Crippen LogP contribution >= 0.6 is 12.2 Å². The van der Waals surface area contributed by atoms with E-state index in [2.05, 4.69) is 5.32 Å². The first-order valence-corrected chi connectivity index (χ1v) is 7.36. The van der Waals surface area contributed by atoms with Gasteiger partial charge in [0, 0.05) is 5.56 Å². The zero-order chi connectivity index (χ0) is 14.6. The van der Waals surface area contributed by atoms with E-state index in [0.29, 0.717) is 10.6 Å². The fourth-order valence-corrected chi connectivity index (χ4v) is 2.92. The molecule has 0 heterocycles. The maximum Gasteiger partial charge on any atom is 0.252 e. The molecule has 2 rings (SSSR count). The summed E-state index contributed by atoms with van der Waals surface area (Å²) in [6.07, 6.45) is 5.94. The first-order chi connectivity index (χ1) is 9.53. The predicted octanol–water partition coefficient (Wildman–Crippen LogP) is 2.50. The monoisotopic (exact) mass is 292 g/mol. The molecule has 0 bridgehead atoms. The maximum atomic E-state index is 12.3. The van der Waals surface area contributed by atoms with Gasteiger partial charge in [0.25, 0.3) is 5.91 Å². The number of hydrogen-bond donors (Lipinski definition) is 3. The van der Waals surface area contributed by atoms with Gasteiger partial charge in [0.1, 0.15) is 5.75 Å². The van der Waals surface area contributed by atoms with Crippen molar-refractivity contribution < 1.29 is 9.90 Å². The van der Waals surface area contributed by atoms with Gasteiger partial charge in [-0.05, 0) is 37.1 Å². The number of phenols is 1. The minimum absolute atomic E-state index is 0.139. The predicted molar refractivity (Wildman–Crippen MR) is 82.8 cm³/mol. The third-order valence-corrected chi connectivity index (χ3v) is 4.30. The van der Waals surface area contributed by atoms with Crippen molar-refractivity contribution in [2.75, 3.05) is 0 Å². The van der Waals surface area contributed by atoms with Crippen molar-refractivity contribution in [3.8, 4) is 5.75 Å². The van der Waals surface area contributed by atoms with Crippen LogP contribution in [-0.2, 0) is 0 Å². The molecular formula is C15H20N2O2S. The lowest BCUT2D eigenvalue weighted by Crippen LogP contribution is -2.56. The quantitative estimate of drug-likeness (QED) is 0.591. The van der Waals surface area contributed by atoms with Crippen LogP contribution in [0.2, 0.25) is 0 Å². The van der Waals surface area contributed by atoms with E-state index in [4.69, 9.17) is 18.0 Å². The highest BCUT2D eigenvalue weighted by atomic mass is 32.1. The van der Waals surface area contributed by atoms with Crippen molar-refractivity contribution in [2.45, 2.75) is 44.1 Å². The summed E-state index contributed by atoms with van der Waals surface area (Å²) in [4.78, 5) is 12.7. The molecular weight excluding hydrogens is 272 g/mol. The number of nitrogens with one attached hydrogen (secondary N) is 1.